The number of hydrogen-bond acceptors (Lipinski definition) is 3. The maximum Gasteiger partial charge on any atom is 0.266 e. The molecule has 0 bridgehead atoms. The molecule has 0 unspecified atom stereocenters. The molecule has 1 N–H and O–H groups in total. The van der Waals surface area contributed by atoms with Crippen molar-refractivity contribution in [2.24, 2.45) is 0 Å². The Morgan fingerprint density at radius 1 is 1.21 bits per heavy atom. The summed E-state index contributed by atoms with van der Waals surface area (Å²) in [5, 5.41) is 12.2. The molecule has 1 aromatic heterocycles. The maximum atomic E-state index is 12.5. The van der Waals surface area contributed by atoms with Gasteiger partial charge in [-0.3, -0.25) is 4.79 Å². The average molecular weight is 435 g/mol. The summed E-state index contributed by atoms with van der Waals surface area (Å²) in [5.74, 6) is 0.642. The normalized spacial score (nSPS) is 11.1. The molecular formula is C23H19BrN2O2. The highest BCUT2D eigenvalue weighted by atomic mass is 79.9. The van der Waals surface area contributed by atoms with Crippen molar-refractivity contribution in [1.82, 2.24) is 0 Å². The summed E-state index contributed by atoms with van der Waals surface area (Å²) >= 11 is 3.54. The quantitative estimate of drug-likeness (QED) is 0.388. The third kappa shape index (κ3) is 4.41. The number of nitriles is 1. The summed E-state index contributed by atoms with van der Waals surface area (Å²) in [6.07, 6.45) is 2.24. The molecule has 0 atom stereocenters. The predicted octanol–water partition coefficient (Wildman–Crippen LogP) is 6.13. The van der Waals surface area contributed by atoms with Gasteiger partial charge in [0.1, 0.15) is 23.2 Å². The van der Waals surface area contributed by atoms with E-state index in [2.05, 4.69) is 21.2 Å². The van der Waals surface area contributed by atoms with Crippen molar-refractivity contribution in [2.75, 3.05) is 5.32 Å². The number of amides is 1. The molecule has 0 fully saturated rings. The van der Waals surface area contributed by atoms with E-state index in [4.69, 9.17) is 4.42 Å². The van der Waals surface area contributed by atoms with E-state index in [-0.39, 0.29) is 5.57 Å². The first-order chi connectivity index (χ1) is 13.5. The number of carbonyl (C=O) groups is 1. The minimum atomic E-state index is -0.460. The van der Waals surface area contributed by atoms with Crippen LogP contribution in [0.25, 0.3) is 17.4 Å². The second kappa shape index (κ2) is 8.73. The highest BCUT2D eigenvalue weighted by Crippen LogP contribution is 2.31. The lowest BCUT2D eigenvalue weighted by Gasteiger charge is -2.08. The topological polar surface area (TPSA) is 66.0 Å². The van der Waals surface area contributed by atoms with Crippen molar-refractivity contribution in [2.45, 2.75) is 20.3 Å². The van der Waals surface area contributed by atoms with Gasteiger partial charge in [0.25, 0.3) is 5.91 Å². The van der Waals surface area contributed by atoms with E-state index < -0.39 is 5.91 Å². The van der Waals surface area contributed by atoms with Crippen LogP contribution in [0.4, 0.5) is 5.69 Å². The highest BCUT2D eigenvalue weighted by Gasteiger charge is 2.13. The van der Waals surface area contributed by atoms with Crippen LogP contribution in [0.3, 0.4) is 0 Å². The SMILES string of the molecule is CCc1ccccc1NC(=O)/C(C#N)=C\c1ccc(-c2ccc(C)cc2Br)o1. The van der Waals surface area contributed by atoms with Gasteiger partial charge in [0, 0.05) is 21.8 Å². The molecule has 1 heterocycles. The third-order valence-corrected chi connectivity index (χ3v) is 4.97. The van der Waals surface area contributed by atoms with Gasteiger partial charge in [-0.05, 0) is 54.8 Å². The molecule has 0 saturated carbocycles. The van der Waals surface area contributed by atoms with Crippen molar-refractivity contribution < 1.29 is 9.21 Å². The molecule has 3 aromatic rings. The Morgan fingerprint density at radius 2 is 2.00 bits per heavy atom. The fourth-order valence-electron chi connectivity index (χ4n) is 2.83. The van der Waals surface area contributed by atoms with Gasteiger partial charge < -0.3 is 9.73 Å². The molecule has 28 heavy (non-hydrogen) atoms. The Bertz CT molecular complexity index is 1090. The zero-order valence-corrected chi connectivity index (χ0v) is 17.2. The fourth-order valence-corrected chi connectivity index (χ4v) is 3.51. The minimum Gasteiger partial charge on any atom is -0.457 e. The van der Waals surface area contributed by atoms with E-state index in [0.717, 1.165) is 27.6 Å². The number of halogens is 1. The number of benzene rings is 2. The van der Waals surface area contributed by atoms with Crippen LogP contribution in [0, 0.1) is 18.3 Å². The smallest absolute Gasteiger partial charge is 0.266 e. The molecule has 5 heteroatoms. The van der Waals surface area contributed by atoms with Crippen molar-refractivity contribution >= 4 is 33.6 Å². The second-order valence-corrected chi connectivity index (χ2v) is 7.17. The second-order valence-electron chi connectivity index (χ2n) is 6.32. The van der Waals surface area contributed by atoms with Gasteiger partial charge in [-0.2, -0.15) is 5.26 Å². The number of carbonyl (C=O) groups excluding carboxylic acids is 1. The van der Waals surface area contributed by atoms with E-state index >= 15 is 0 Å². The number of furan rings is 1. The molecule has 0 radical (unpaired) electrons. The van der Waals surface area contributed by atoms with Crippen molar-refractivity contribution in [1.29, 1.82) is 5.26 Å². The van der Waals surface area contributed by atoms with Crippen molar-refractivity contribution in [3.05, 3.63) is 81.5 Å². The van der Waals surface area contributed by atoms with Gasteiger partial charge in [-0.1, -0.05) is 47.1 Å². The zero-order valence-electron chi connectivity index (χ0n) is 15.6. The number of para-hydroxylation sites is 1. The summed E-state index contributed by atoms with van der Waals surface area (Å²) in [7, 11) is 0. The van der Waals surface area contributed by atoms with E-state index in [9.17, 15) is 10.1 Å². The lowest BCUT2D eigenvalue weighted by Crippen LogP contribution is -2.14. The Labute approximate surface area is 172 Å². The largest absolute Gasteiger partial charge is 0.457 e. The summed E-state index contributed by atoms with van der Waals surface area (Å²) in [6.45, 7) is 4.03. The molecule has 4 nitrogen and oxygen atoms in total. The number of aryl methyl sites for hydroxylation is 2. The van der Waals surface area contributed by atoms with Crippen LogP contribution in [0.1, 0.15) is 23.8 Å². The molecule has 1 amide bonds. The van der Waals surface area contributed by atoms with E-state index in [1.807, 2.05) is 68.4 Å². The maximum absolute atomic E-state index is 12.5. The molecule has 2 aromatic carbocycles. The standard InChI is InChI=1S/C23H19BrN2O2/c1-3-16-6-4-5-7-21(16)26-23(27)17(14-25)13-18-9-11-22(28-18)19-10-8-15(2)12-20(19)24/h4-13H,3H2,1-2H3,(H,26,27)/b17-13-. The number of anilines is 1. The van der Waals surface area contributed by atoms with Crippen LogP contribution < -0.4 is 5.32 Å². The summed E-state index contributed by atoms with van der Waals surface area (Å²) in [4.78, 5) is 12.5. The lowest BCUT2D eigenvalue weighted by atomic mass is 10.1. The van der Waals surface area contributed by atoms with Gasteiger partial charge in [0.05, 0.1) is 0 Å². The highest BCUT2D eigenvalue weighted by molar-refractivity contribution is 9.10. The van der Waals surface area contributed by atoms with Crippen molar-refractivity contribution in [3.63, 3.8) is 0 Å². The van der Waals surface area contributed by atoms with Crippen LogP contribution in [0.2, 0.25) is 0 Å². The van der Waals surface area contributed by atoms with Crippen molar-refractivity contribution in [3.8, 4) is 17.4 Å². The van der Waals surface area contributed by atoms with Gasteiger partial charge in [-0.25, -0.2) is 0 Å². The van der Waals surface area contributed by atoms with Crippen LogP contribution in [0.5, 0.6) is 0 Å². The first kappa shape index (κ1) is 19.7. The Kier molecular flexibility index (Phi) is 6.13. The number of rotatable bonds is 5. The molecule has 0 aliphatic heterocycles. The molecule has 0 spiro atoms. The van der Waals surface area contributed by atoms with Crippen LogP contribution in [0.15, 0.2) is 69.1 Å². The lowest BCUT2D eigenvalue weighted by molar-refractivity contribution is -0.112. The van der Waals surface area contributed by atoms with Gasteiger partial charge >= 0.3 is 0 Å². The average Bonchev–Trinajstić information content (AvgIpc) is 3.14. The predicted molar refractivity (Wildman–Crippen MR) is 115 cm³/mol. The van der Waals surface area contributed by atoms with E-state index in [1.54, 1.807) is 6.07 Å². The summed E-state index contributed by atoms with van der Waals surface area (Å²) in [5.41, 5.74) is 3.75. The van der Waals surface area contributed by atoms with E-state index in [1.165, 1.54) is 6.08 Å². The molecular weight excluding hydrogens is 416 g/mol. The Balaban J connectivity index is 1.84. The van der Waals surface area contributed by atoms with Gasteiger partial charge in [-0.15, -0.1) is 0 Å². The fraction of sp³-hybridized carbons (Fsp3) is 0.130. The third-order valence-electron chi connectivity index (χ3n) is 4.31. The zero-order chi connectivity index (χ0) is 20.1. The molecule has 0 aliphatic carbocycles. The molecule has 140 valence electrons. The summed E-state index contributed by atoms with van der Waals surface area (Å²) in [6, 6.07) is 19.0. The molecule has 3 rings (SSSR count). The number of nitrogens with zero attached hydrogens (tertiary/aromatic N) is 1. The molecule has 0 aliphatic rings. The monoisotopic (exact) mass is 434 g/mol. The van der Waals surface area contributed by atoms with Crippen LogP contribution in [-0.4, -0.2) is 5.91 Å². The Hall–Kier alpha value is -3.10. The van der Waals surface area contributed by atoms with Crippen LogP contribution >= 0.6 is 15.9 Å². The van der Waals surface area contributed by atoms with Crippen LogP contribution in [-0.2, 0) is 11.2 Å². The molecule has 0 saturated heterocycles. The van der Waals surface area contributed by atoms with Gasteiger partial charge in [0.15, 0.2) is 0 Å². The first-order valence-electron chi connectivity index (χ1n) is 8.89. The Morgan fingerprint density at radius 3 is 2.71 bits per heavy atom. The number of nitrogens with one attached hydrogen (secondary N) is 1. The van der Waals surface area contributed by atoms with E-state index in [0.29, 0.717) is 17.2 Å². The first-order valence-corrected chi connectivity index (χ1v) is 9.68. The minimum absolute atomic E-state index is 0.0187. The summed E-state index contributed by atoms with van der Waals surface area (Å²) < 4.78 is 6.75. The van der Waals surface area contributed by atoms with Gasteiger partial charge in [0.2, 0.25) is 0 Å². The number of hydrogen-bond donors (Lipinski definition) is 1.